The molecule has 0 unspecified atom stereocenters. The number of aliphatic hydroxyl groups is 2. The molecular weight excluding hydrogens is 522 g/mol. The van der Waals surface area contributed by atoms with Crippen molar-refractivity contribution in [3.05, 3.63) is 78.1 Å². The van der Waals surface area contributed by atoms with Crippen molar-refractivity contribution in [3.63, 3.8) is 0 Å². The maximum absolute atomic E-state index is 11.2. The van der Waals surface area contributed by atoms with Gasteiger partial charge in [-0.15, -0.1) is 0 Å². The third-order valence-electron chi connectivity index (χ3n) is 6.71. The van der Waals surface area contributed by atoms with Crippen molar-refractivity contribution in [1.29, 1.82) is 0 Å². The van der Waals surface area contributed by atoms with Crippen molar-refractivity contribution in [3.8, 4) is 11.4 Å². The van der Waals surface area contributed by atoms with Crippen LogP contribution in [0.1, 0.15) is 36.8 Å². The summed E-state index contributed by atoms with van der Waals surface area (Å²) >= 11 is 0. The number of ether oxygens (including phenoxy) is 1. The topological polar surface area (TPSA) is 183 Å². The molecule has 1 aliphatic heterocycles. The van der Waals surface area contributed by atoms with Crippen LogP contribution in [0.15, 0.2) is 67.0 Å². The molecular formula is C28H33N3O9. The SMILES string of the molecule is COc1ccccc1C1(O)CCN(Cc2ccccc2-n2cccn2)CC1.O=C(O)CC(O)(CC(=O)O)C(=O)O. The van der Waals surface area contributed by atoms with Gasteiger partial charge in [0, 0.05) is 37.6 Å². The first-order valence-electron chi connectivity index (χ1n) is 12.5. The van der Waals surface area contributed by atoms with E-state index in [1.165, 1.54) is 5.56 Å². The summed E-state index contributed by atoms with van der Waals surface area (Å²) in [7, 11) is 1.66. The monoisotopic (exact) mass is 555 g/mol. The predicted octanol–water partition coefficient (Wildman–Crippen LogP) is 2.12. The number of carboxylic acid groups (broad SMARTS) is 3. The molecule has 12 heteroatoms. The molecule has 0 radical (unpaired) electrons. The Labute approximate surface area is 230 Å². The van der Waals surface area contributed by atoms with Gasteiger partial charge in [0.2, 0.25) is 0 Å². The lowest BCUT2D eigenvalue weighted by molar-refractivity contribution is -0.170. The van der Waals surface area contributed by atoms with Crippen LogP contribution in [0.5, 0.6) is 5.75 Å². The van der Waals surface area contributed by atoms with Crippen LogP contribution in [0, 0.1) is 0 Å². The molecule has 12 nitrogen and oxygen atoms in total. The minimum atomic E-state index is -2.74. The van der Waals surface area contributed by atoms with Gasteiger partial charge in [0.25, 0.3) is 0 Å². The molecule has 2 aromatic carbocycles. The second kappa shape index (κ2) is 13.2. The van der Waals surface area contributed by atoms with Crippen molar-refractivity contribution in [2.45, 2.75) is 43.4 Å². The Balaban J connectivity index is 0.000000289. The Morgan fingerprint density at radius 1 is 0.950 bits per heavy atom. The van der Waals surface area contributed by atoms with E-state index in [4.69, 9.17) is 25.2 Å². The molecule has 0 bridgehead atoms. The number of methoxy groups -OCH3 is 1. The predicted molar refractivity (Wildman–Crippen MR) is 142 cm³/mol. The molecule has 5 N–H and O–H groups in total. The van der Waals surface area contributed by atoms with Crippen LogP contribution in [0.4, 0.5) is 0 Å². The van der Waals surface area contributed by atoms with Gasteiger partial charge in [-0.25, -0.2) is 9.48 Å². The summed E-state index contributed by atoms with van der Waals surface area (Å²) in [4.78, 5) is 32.9. The highest BCUT2D eigenvalue weighted by Gasteiger charge is 2.41. The van der Waals surface area contributed by atoms with Gasteiger partial charge in [0.1, 0.15) is 5.75 Å². The van der Waals surface area contributed by atoms with E-state index in [9.17, 15) is 19.5 Å². The van der Waals surface area contributed by atoms with Crippen molar-refractivity contribution >= 4 is 17.9 Å². The third kappa shape index (κ3) is 7.65. The van der Waals surface area contributed by atoms with Crippen LogP contribution in [-0.4, -0.2) is 83.9 Å². The molecule has 1 fully saturated rings. The molecule has 3 aromatic rings. The third-order valence-corrected chi connectivity index (χ3v) is 6.71. The van der Waals surface area contributed by atoms with Crippen molar-refractivity contribution < 1.29 is 44.7 Å². The molecule has 0 saturated carbocycles. The van der Waals surface area contributed by atoms with Gasteiger partial charge in [-0.2, -0.15) is 5.10 Å². The lowest BCUT2D eigenvalue weighted by Crippen LogP contribution is -2.42. The van der Waals surface area contributed by atoms with Gasteiger partial charge in [-0.05, 0) is 36.6 Å². The minimum absolute atomic E-state index is 0.692. The van der Waals surface area contributed by atoms with E-state index in [1.54, 1.807) is 13.3 Å². The molecule has 0 amide bonds. The fourth-order valence-corrected chi connectivity index (χ4v) is 4.61. The van der Waals surface area contributed by atoms with Gasteiger partial charge in [0.15, 0.2) is 5.60 Å². The first-order valence-corrected chi connectivity index (χ1v) is 12.5. The molecule has 1 aliphatic rings. The minimum Gasteiger partial charge on any atom is -0.496 e. The highest BCUT2D eigenvalue weighted by Crippen LogP contribution is 2.38. The van der Waals surface area contributed by atoms with E-state index in [0.717, 1.165) is 36.6 Å². The van der Waals surface area contributed by atoms with E-state index in [0.29, 0.717) is 12.8 Å². The molecule has 2 heterocycles. The number of aromatic nitrogens is 2. The van der Waals surface area contributed by atoms with Crippen LogP contribution < -0.4 is 4.74 Å². The zero-order valence-electron chi connectivity index (χ0n) is 22.0. The summed E-state index contributed by atoms with van der Waals surface area (Å²) in [6, 6.07) is 18.1. The number of carbonyl (C=O) groups is 3. The number of para-hydroxylation sites is 2. The molecule has 1 aromatic heterocycles. The maximum Gasteiger partial charge on any atom is 0.336 e. The second-order valence-electron chi connectivity index (χ2n) is 9.57. The summed E-state index contributed by atoms with van der Waals surface area (Å²) in [5, 5.41) is 49.4. The summed E-state index contributed by atoms with van der Waals surface area (Å²) in [5.74, 6) is -4.26. The van der Waals surface area contributed by atoms with Crippen molar-refractivity contribution in [1.82, 2.24) is 14.7 Å². The molecule has 0 atom stereocenters. The molecule has 4 rings (SSSR count). The lowest BCUT2D eigenvalue weighted by atomic mass is 9.83. The number of aliphatic carboxylic acids is 3. The number of piperidine rings is 1. The van der Waals surface area contributed by atoms with Crippen molar-refractivity contribution in [2.24, 2.45) is 0 Å². The van der Waals surface area contributed by atoms with Gasteiger partial charge in [-0.1, -0.05) is 36.4 Å². The first kappa shape index (κ1) is 30.3. The summed E-state index contributed by atoms with van der Waals surface area (Å²) in [6.07, 6.45) is 2.86. The fourth-order valence-electron chi connectivity index (χ4n) is 4.61. The van der Waals surface area contributed by atoms with E-state index < -0.39 is 42.0 Å². The smallest absolute Gasteiger partial charge is 0.336 e. The largest absolute Gasteiger partial charge is 0.496 e. The molecule has 214 valence electrons. The quantitative estimate of drug-likeness (QED) is 0.247. The number of nitrogens with zero attached hydrogens (tertiary/aromatic N) is 3. The maximum atomic E-state index is 11.2. The fraction of sp³-hybridized carbons (Fsp3) is 0.357. The van der Waals surface area contributed by atoms with Crippen LogP contribution in [0.2, 0.25) is 0 Å². The van der Waals surface area contributed by atoms with E-state index in [-0.39, 0.29) is 0 Å². The Bertz CT molecular complexity index is 1290. The Morgan fingerprint density at radius 3 is 2.10 bits per heavy atom. The van der Waals surface area contributed by atoms with Gasteiger partial charge < -0.3 is 30.3 Å². The summed E-state index contributed by atoms with van der Waals surface area (Å²) < 4.78 is 7.37. The van der Waals surface area contributed by atoms with E-state index >= 15 is 0 Å². The number of hydrogen-bond donors (Lipinski definition) is 5. The number of carboxylic acids is 3. The van der Waals surface area contributed by atoms with Crippen molar-refractivity contribution in [2.75, 3.05) is 20.2 Å². The Hall–Kier alpha value is -4.26. The molecule has 1 saturated heterocycles. The summed E-state index contributed by atoms with van der Waals surface area (Å²) in [6.45, 7) is 2.52. The standard InChI is InChI=1S/C22H25N3O2.C6H8O7/c1-27-21-10-5-3-8-19(21)22(26)11-15-24(16-12-22)17-18-7-2-4-9-20(18)25-14-6-13-23-25;7-3(8)1-6(13,5(11)12)2-4(9)10/h2-10,13-14,26H,11-12,15-17H2,1H3;13H,1-2H2,(H,7,8)(H,9,10)(H,11,12). The zero-order chi connectivity index (χ0) is 29.3. The number of benzene rings is 2. The molecule has 0 spiro atoms. The molecule has 40 heavy (non-hydrogen) atoms. The highest BCUT2D eigenvalue weighted by molar-refractivity contribution is 5.88. The number of rotatable bonds is 10. The van der Waals surface area contributed by atoms with E-state index in [1.807, 2.05) is 47.3 Å². The average molecular weight is 556 g/mol. The zero-order valence-corrected chi connectivity index (χ0v) is 22.0. The lowest BCUT2D eigenvalue weighted by Gasteiger charge is -2.39. The molecule has 0 aliphatic carbocycles. The first-order chi connectivity index (χ1) is 19.0. The van der Waals surface area contributed by atoms with Crippen LogP contribution >= 0.6 is 0 Å². The van der Waals surface area contributed by atoms with Crippen LogP contribution in [0.3, 0.4) is 0 Å². The highest BCUT2D eigenvalue weighted by atomic mass is 16.5. The normalized spacial score (nSPS) is 15.0. The van der Waals surface area contributed by atoms with Gasteiger partial charge in [0.05, 0.1) is 31.2 Å². The van der Waals surface area contributed by atoms with Gasteiger partial charge in [-0.3, -0.25) is 14.5 Å². The summed E-state index contributed by atoms with van der Waals surface area (Å²) in [5.41, 5.74) is -0.330. The Morgan fingerprint density at radius 2 is 1.55 bits per heavy atom. The van der Waals surface area contributed by atoms with E-state index in [2.05, 4.69) is 28.2 Å². The van der Waals surface area contributed by atoms with Crippen LogP contribution in [0.25, 0.3) is 5.69 Å². The van der Waals surface area contributed by atoms with Crippen LogP contribution in [-0.2, 0) is 26.5 Å². The Kier molecular flexibility index (Phi) is 9.99. The number of likely N-dealkylation sites (tertiary alicyclic amines) is 1. The average Bonchev–Trinajstić information content (AvgIpc) is 3.45. The number of hydrogen-bond acceptors (Lipinski definition) is 8. The second-order valence-corrected chi connectivity index (χ2v) is 9.57. The van der Waals surface area contributed by atoms with Gasteiger partial charge >= 0.3 is 17.9 Å².